The molecular weight excluding hydrogens is 715 g/mol. The maximum Gasteiger partial charge on any atom is 0.267 e. The summed E-state index contributed by atoms with van der Waals surface area (Å²) in [6.07, 6.45) is 0. The fourth-order valence-electron chi connectivity index (χ4n) is 6.77. The Morgan fingerprint density at radius 1 is 0.481 bits per heavy atom. The SMILES string of the molecule is O=S(=O)(c1ccccc1F)N1CCOc2c(N3CCNCC3)cccc21.O=S(=O)(c1ccccc1F)N1CCOc2c(N3CCNCC3)cccc21. The summed E-state index contributed by atoms with van der Waals surface area (Å²) in [6, 6.07) is 21.8. The average molecular weight is 755 g/mol. The van der Waals surface area contributed by atoms with Crippen molar-refractivity contribution in [3.8, 4) is 11.5 Å². The summed E-state index contributed by atoms with van der Waals surface area (Å²) in [5.74, 6) is -0.418. The van der Waals surface area contributed by atoms with Gasteiger partial charge in [-0.2, -0.15) is 0 Å². The standard InChI is InChI=1S/2C18H20FN3O3S/c2*19-14-4-1-2-7-17(14)26(23,24)22-12-13-25-18-15(5-3-6-16(18)22)21-10-8-20-9-11-21/h2*1-7,20H,8-13H2. The number of halogens is 2. The van der Waals surface area contributed by atoms with E-state index in [0.717, 1.165) is 75.9 Å². The van der Waals surface area contributed by atoms with Crippen molar-refractivity contribution in [3.63, 3.8) is 0 Å². The summed E-state index contributed by atoms with van der Waals surface area (Å²) >= 11 is 0. The van der Waals surface area contributed by atoms with Gasteiger partial charge >= 0.3 is 0 Å². The van der Waals surface area contributed by atoms with Crippen LogP contribution in [0.1, 0.15) is 0 Å². The number of hydrogen-bond acceptors (Lipinski definition) is 10. The Morgan fingerprint density at radius 2 is 0.846 bits per heavy atom. The van der Waals surface area contributed by atoms with Crippen molar-refractivity contribution in [2.24, 2.45) is 0 Å². The van der Waals surface area contributed by atoms with Gasteiger partial charge in [0.05, 0.1) is 35.8 Å². The Morgan fingerprint density at radius 3 is 1.23 bits per heavy atom. The second-order valence-corrected chi connectivity index (χ2v) is 16.1. The number of nitrogens with one attached hydrogen (secondary N) is 2. The van der Waals surface area contributed by atoms with Gasteiger partial charge in [-0.25, -0.2) is 25.6 Å². The first kappa shape index (κ1) is 35.7. The quantitative estimate of drug-likeness (QED) is 0.302. The second kappa shape index (κ2) is 15.1. The highest BCUT2D eigenvalue weighted by molar-refractivity contribution is 7.93. The third-order valence-electron chi connectivity index (χ3n) is 9.29. The van der Waals surface area contributed by atoms with Crippen molar-refractivity contribution in [1.82, 2.24) is 10.6 Å². The van der Waals surface area contributed by atoms with Gasteiger partial charge in [-0.05, 0) is 48.5 Å². The van der Waals surface area contributed by atoms with E-state index in [1.165, 1.54) is 45.0 Å². The predicted octanol–water partition coefficient (Wildman–Crippen LogP) is 3.65. The normalized spacial score (nSPS) is 17.6. The Kier molecular flexibility index (Phi) is 10.4. The van der Waals surface area contributed by atoms with Crippen molar-refractivity contribution < 1.29 is 35.1 Å². The summed E-state index contributed by atoms with van der Waals surface area (Å²) in [7, 11) is -8.01. The molecule has 0 atom stereocenters. The number of anilines is 4. The molecule has 0 bridgehead atoms. The van der Waals surface area contributed by atoms with Crippen LogP contribution in [0, 0.1) is 11.6 Å². The van der Waals surface area contributed by atoms with Gasteiger partial charge in [-0.15, -0.1) is 0 Å². The lowest BCUT2D eigenvalue weighted by Crippen LogP contribution is -2.44. The number of rotatable bonds is 6. The van der Waals surface area contributed by atoms with E-state index in [2.05, 4.69) is 20.4 Å². The Balaban J connectivity index is 0.000000162. The van der Waals surface area contributed by atoms with Crippen molar-refractivity contribution in [3.05, 3.63) is 96.6 Å². The molecule has 8 rings (SSSR count). The summed E-state index contributed by atoms with van der Waals surface area (Å²) in [6.45, 7) is 7.47. The molecule has 0 aromatic heterocycles. The summed E-state index contributed by atoms with van der Waals surface area (Å²) < 4.78 is 94.7. The van der Waals surface area contributed by atoms with Gasteiger partial charge < -0.3 is 29.9 Å². The van der Waals surface area contributed by atoms with Gasteiger partial charge in [0, 0.05) is 52.4 Å². The number of fused-ring (bicyclic) bond motifs is 2. The minimum Gasteiger partial charge on any atom is -0.487 e. The van der Waals surface area contributed by atoms with Gasteiger partial charge in [0.15, 0.2) is 11.5 Å². The monoisotopic (exact) mass is 754 g/mol. The predicted molar refractivity (Wildman–Crippen MR) is 196 cm³/mol. The van der Waals surface area contributed by atoms with Crippen molar-refractivity contribution in [1.29, 1.82) is 0 Å². The summed E-state index contributed by atoms with van der Waals surface area (Å²) in [5.41, 5.74) is 2.65. The lowest BCUT2D eigenvalue weighted by molar-refractivity contribution is 0.315. The van der Waals surface area contributed by atoms with E-state index in [-0.39, 0.29) is 36.1 Å². The van der Waals surface area contributed by atoms with Crippen LogP contribution in [0.25, 0.3) is 0 Å². The van der Waals surface area contributed by atoms with E-state index in [1.807, 2.05) is 24.3 Å². The van der Waals surface area contributed by atoms with Crippen LogP contribution in [-0.2, 0) is 20.0 Å². The molecule has 0 saturated carbocycles. The molecule has 12 nitrogen and oxygen atoms in total. The zero-order chi connectivity index (χ0) is 36.3. The van der Waals surface area contributed by atoms with Crippen LogP contribution < -0.4 is 38.5 Å². The minimum absolute atomic E-state index is 0.147. The van der Waals surface area contributed by atoms with Crippen LogP contribution in [-0.4, -0.2) is 95.5 Å². The molecule has 4 aromatic carbocycles. The molecule has 4 aliphatic heterocycles. The highest BCUT2D eigenvalue weighted by atomic mass is 32.2. The molecule has 0 aliphatic carbocycles. The first-order valence-corrected chi connectivity index (χ1v) is 20.0. The largest absolute Gasteiger partial charge is 0.487 e. The molecule has 2 fully saturated rings. The number of hydrogen-bond donors (Lipinski definition) is 2. The van der Waals surface area contributed by atoms with Gasteiger partial charge in [0.2, 0.25) is 0 Å². The lowest BCUT2D eigenvalue weighted by atomic mass is 10.2. The number of piperazine rings is 2. The van der Waals surface area contributed by atoms with Crippen LogP contribution in [0.15, 0.2) is 94.7 Å². The Hall–Kier alpha value is -4.64. The van der Waals surface area contributed by atoms with E-state index in [0.29, 0.717) is 22.9 Å². The molecular formula is C36H40F2N6O6S2. The smallest absolute Gasteiger partial charge is 0.267 e. The van der Waals surface area contributed by atoms with E-state index in [1.54, 1.807) is 12.1 Å². The topological polar surface area (TPSA) is 124 Å². The van der Waals surface area contributed by atoms with Crippen molar-refractivity contribution >= 4 is 42.8 Å². The molecule has 0 amide bonds. The van der Waals surface area contributed by atoms with E-state index >= 15 is 0 Å². The molecule has 4 aromatic rings. The molecule has 2 saturated heterocycles. The molecule has 16 heteroatoms. The fourth-order valence-corrected chi connectivity index (χ4v) is 9.81. The fraction of sp³-hybridized carbons (Fsp3) is 0.333. The third-order valence-corrected chi connectivity index (χ3v) is 13.0. The van der Waals surface area contributed by atoms with Gasteiger partial charge in [-0.1, -0.05) is 36.4 Å². The molecule has 0 unspecified atom stereocenters. The van der Waals surface area contributed by atoms with E-state index in [9.17, 15) is 25.6 Å². The molecule has 4 heterocycles. The number of ether oxygens (including phenoxy) is 2. The van der Waals surface area contributed by atoms with Gasteiger partial charge in [0.25, 0.3) is 20.0 Å². The zero-order valence-corrected chi connectivity index (χ0v) is 30.0. The average Bonchev–Trinajstić information content (AvgIpc) is 3.18. The Labute approximate surface area is 302 Å². The number of para-hydroxylation sites is 2. The van der Waals surface area contributed by atoms with E-state index in [4.69, 9.17) is 9.47 Å². The molecule has 0 spiro atoms. The summed E-state index contributed by atoms with van der Waals surface area (Å²) in [5, 5.41) is 6.59. The number of benzene rings is 4. The zero-order valence-electron chi connectivity index (χ0n) is 28.4. The van der Waals surface area contributed by atoms with Crippen molar-refractivity contribution in [2.45, 2.75) is 9.79 Å². The highest BCUT2D eigenvalue weighted by Crippen LogP contribution is 2.44. The van der Waals surface area contributed by atoms with Gasteiger partial charge in [0.1, 0.15) is 34.6 Å². The third kappa shape index (κ3) is 6.95. The summed E-state index contributed by atoms with van der Waals surface area (Å²) in [4.78, 5) is 3.71. The molecule has 276 valence electrons. The molecule has 52 heavy (non-hydrogen) atoms. The molecule has 0 radical (unpaired) electrons. The number of sulfonamides is 2. The maximum absolute atomic E-state index is 14.1. The lowest BCUT2D eigenvalue weighted by Gasteiger charge is -2.36. The van der Waals surface area contributed by atoms with Crippen LogP contribution in [0.2, 0.25) is 0 Å². The van der Waals surface area contributed by atoms with Crippen molar-refractivity contribution in [2.75, 3.05) is 97.1 Å². The maximum atomic E-state index is 14.1. The van der Waals surface area contributed by atoms with Crippen LogP contribution >= 0.6 is 0 Å². The minimum atomic E-state index is -4.01. The molecule has 4 aliphatic rings. The second-order valence-electron chi connectivity index (χ2n) is 12.4. The highest BCUT2D eigenvalue weighted by Gasteiger charge is 2.35. The van der Waals surface area contributed by atoms with Crippen LogP contribution in [0.3, 0.4) is 0 Å². The van der Waals surface area contributed by atoms with Gasteiger partial charge in [-0.3, -0.25) is 8.61 Å². The van der Waals surface area contributed by atoms with Crippen LogP contribution in [0.4, 0.5) is 31.5 Å². The first-order valence-electron chi connectivity index (χ1n) is 17.2. The number of nitrogens with zero attached hydrogens (tertiary/aromatic N) is 4. The van der Waals surface area contributed by atoms with Crippen LogP contribution in [0.5, 0.6) is 11.5 Å². The first-order chi connectivity index (χ1) is 25.2. The van der Waals surface area contributed by atoms with E-state index < -0.39 is 31.7 Å². The molecule has 2 N–H and O–H groups in total. The Bertz CT molecular complexity index is 1980.